The van der Waals surface area contributed by atoms with Gasteiger partial charge in [0.25, 0.3) is 5.91 Å². The number of piperidine rings is 1. The highest BCUT2D eigenvalue weighted by molar-refractivity contribution is 5.96. The molecule has 9 nitrogen and oxygen atoms in total. The summed E-state index contributed by atoms with van der Waals surface area (Å²) in [6.45, 7) is 1.14. The van der Waals surface area contributed by atoms with E-state index in [4.69, 9.17) is 14.2 Å². The molecule has 134 valence electrons. The van der Waals surface area contributed by atoms with E-state index in [2.05, 4.69) is 15.1 Å². The van der Waals surface area contributed by atoms with Crippen molar-refractivity contribution in [2.24, 2.45) is 7.05 Å². The molecular formula is C16H21N5O4. The summed E-state index contributed by atoms with van der Waals surface area (Å²) < 4.78 is 17.7. The lowest BCUT2D eigenvalue weighted by molar-refractivity contribution is 0.0522. The Hall–Kier alpha value is -2.84. The number of nitrogens with zero attached hydrogens (tertiary/aromatic N) is 5. The number of likely N-dealkylation sites (tertiary alicyclic amines) is 1. The fraction of sp³-hybridized carbons (Fsp3) is 0.500. The molecule has 1 amide bonds. The minimum Gasteiger partial charge on any atom is -0.480 e. The number of hydrogen-bond donors (Lipinski definition) is 0. The Kier molecular flexibility index (Phi) is 5.01. The monoisotopic (exact) mass is 347 g/mol. The smallest absolute Gasteiger partial charge is 0.261 e. The van der Waals surface area contributed by atoms with Crippen LogP contribution in [0.3, 0.4) is 0 Å². The van der Waals surface area contributed by atoms with Gasteiger partial charge in [-0.15, -0.1) is 5.10 Å². The zero-order chi connectivity index (χ0) is 17.8. The number of methoxy groups -OCH3 is 2. The molecule has 0 spiro atoms. The molecule has 0 saturated carbocycles. The summed E-state index contributed by atoms with van der Waals surface area (Å²) in [5.74, 6) is 0.989. The number of ether oxygens (including phenoxy) is 3. The second-order valence-corrected chi connectivity index (χ2v) is 5.76. The van der Waals surface area contributed by atoms with E-state index in [9.17, 15) is 4.79 Å². The summed E-state index contributed by atoms with van der Waals surface area (Å²) in [5.41, 5.74) is 0.451. The average Bonchev–Trinajstić information content (AvgIpc) is 3.02. The van der Waals surface area contributed by atoms with Gasteiger partial charge in [-0.1, -0.05) is 0 Å². The highest BCUT2D eigenvalue weighted by atomic mass is 16.5. The topological polar surface area (TPSA) is 91.6 Å². The van der Waals surface area contributed by atoms with Crippen molar-refractivity contribution in [2.75, 3.05) is 27.3 Å². The molecule has 0 unspecified atom stereocenters. The van der Waals surface area contributed by atoms with Gasteiger partial charge >= 0.3 is 0 Å². The molecule has 3 heterocycles. The van der Waals surface area contributed by atoms with Crippen LogP contribution in [0.15, 0.2) is 18.6 Å². The van der Waals surface area contributed by atoms with Crippen LogP contribution in [0, 0.1) is 0 Å². The predicted octanol–water partition coefficient (Wildman–Crippen LogP) is 0.911. The molecule has 0 aliphatic carbocycles. The van der Waals surface area contributed by atoms with Gasteiger partial charge in [-0.25, -0.2) is 0 Å². The van der Waals surface area contributed by atoms with E-state index in [-0.39, 0.29) is 12.0 Å². The number of rotatable bonds is 5. The third kappa shape index (κ3) is 3.81. The summed E-state index contributed by atoms with van der Waals surface area (Å²) in [6, 6.07) is 0. The van der Waals surface area contributed by atoms with Gasteiger partial charge in [-0.05, 0) is 12.8 Å². The summed E-state index contributed by atoms with van der Waals surface area (Å²) >= 11 is 0. The van der Waals surface area contributed by atoms with Crippen LogP contribution in [-0.4, -0.2) is 64.0 Å². The number of aryl methyl sites for hydroxylation is 1. The molecule has 0 aromatic carbocycles. The lowest BCUT2D eigenvalue weighted by atomic mass is 10.1. The van der Waals surface area contributed by atoms with Crippen molar-refractivity contribution in [1.82, 2.24) is 24.6 Å². The molecule has 1 aliphatic heterocycles. The molecule has 3 rings (SSSR count). The third-order valence-corrected chi connectivity index (χ3v) is 3.97. The maximum Gasteiger partial charge on any atom is 0.261 e. The van der Waals surface area contributed by atoms with Gasteiger partial charge in [0.15, 0.2) is 0 Å². The number of amides is 1. The fourth-order valence-corrected chi connectivity index (χ4v) is 2.81. The molecule has 1 aliphatic rings. The van der Waals surface area contributed by atoms with E-state index in [0.29, 0.717) is 36.3 Å². The van der Waals surface area contributed by atoms with Gasteiger partial charge in [-0.3, -0.25) is 14.5 Å². The summed E-state index contributed by atoms with van der Waals surface area (Å²) in [6.07, 6.45) is 6.25. The molecule has 0 bridgehead atoms. The molecule has 2 aromatic heterocycles. The zero-order valence-corrected chi connectivity index (χ0v) is 14.5. The quantitative estimate of drug-likeness (QED) is 0.794. The Labute approximate surface area is 145 Å². The molecule has 0 N–H and O–H groups in total. The molecule has 1 fully saturated rings. The van der Waals surface area contributed by atoms with Crippen LogP contribution < -0.4 is 14.2 Å². The van der Waals surface area contributed by atoms with Gasteiger partial charge < -0.3 is 19.1 Å². The van der Waals surface area contributed by atoms with Crippen molar-refractivity contribution in [3.63, 3.8) is 0 Å². The minimum atomic E-state index is -0.151. The lowest BCUT2D eigenvalue weighted by Crippen LogP contribution is -2.44. The Balaban J connectivity index is 1.69. The Morgan fingerprint density at radius 1 is 1.24 bits per heavy atom. The van der Waals surface area contributed by atoms with Crippen molar-refractivity contribution < 1.29 is 19.0 Å². The summed E-state index contributed by atoms with van der Waals surface area (Å²) in [7, 11) is 4.78. The highest BCUT2D eigenvalue weighted by Gasteiger charge is 2.29. The normalized spacial score (nSPS) is 17.2. The Morgan fingerprint density at radius 2 is 2.04 bits per heavy atom. The van der Waals surface area contributed by atoms with Crippen LogP contribution in [0.2, 0.25) is 0 Å². The largest absolute Gasteiger partial charge is 0.480 e. The second kappa shape index (κ2) is 7.37. The fourth-order valence-electron chi connectivity index (χ4n) is 2.81. The Bertz CT molecular complexity index is 748. The standard InChI is InChI=1S/C16H21N5O4/c1-20-10-12(15(19-20)24-3)16(22)21-6-4-5-11(9-21)25-14-8-17-7-13(18-14)23-2/h7-8,10-11H,4-6,9H2,1-3H3/t11-/m0/s1. The van der Waals surface area contributed by atoms with Crippen LogP contribution in [0.4, 0.5) is 0 Å². The van der Waals surface area contributed by atoms with Gasteiger partial charge in [0.05, 0.1) is 33.2 Å². The lowest BCUT2D eigenvalue weighted by Gasteiger charge is -2.32. The maximum absolute atomic E-state index is 12.8. The molecule has 9 heteroatoms. The van der Waals surface area contributed by atoms with E-state index in [1.165, 1.54) is 26.6 Å². The minimum absolute atomic E-state index is 0.116. The first kappa shape index (κ1) is 17.0. The van der Waals surface area contributed by atoms with E-state index in [1.807, 2.05) is 0 Å². The number of aromatic nitrogens is 4. The van der Waals surface area contributed by atoms with E-state index in [0.717, 1.165) is 12.8 Å². The van der Waals surface area contributed by atoms with Crippen molar-refractivity contribution in [3.8, 4) is 17.6 Å². The molecule has 0 radical (unpaired) electrons. The summed E-state index contributed by atoms with van der Waals surface area (Å²) in [4.78, 5) is 22.8. The predicted molar refractivity (Wildman–Crippen MR) is 87.9 cm³/mol. The Morgan fingerprint density at radius 3 is 2.80 bits per heavy atom. The van der Waals surface area contributed by atoms with Gasteiger partial charge in [0.1, 0.15) is 11.7 Å². The number of carbonyl (C=O) groups excluding carboxylic acids is 1. The second-order valence-electron chi connectivity index (χ2n) is 5.76. The number of hydrogen-bond acceptors (Lipinski definition) is 7. The van der Waals surface area contributed by atoms with E-state index >= 15 is 0 Å². The molecule has 25 heavy (non-hydrogen) atoms. The van der Waals surface area contributed by atoms with Crippen LogP contribution in [0.25, 0.3) is 0 Å². The van der Waals surface area contributed by atoms with E-state index in [1.54, 1.807) is 22.8 Å². The van der Waals surface area contributed by atoms with Crippen molar-refractivity contribution in [3.05, 3.63) is 24.2 Å². The molecular weight excluding hydrogens is 326 g/mol. The number of carbonyl (C=O) groups is 1. The first-order chi connectivity index (χ1) is 12.1. The maximum atomic E-state index is 12.8. The van der Waals surface area contributed by atoms with Crippen molar-refractivity contribution in [1.29, 1.82) is 0 Å². The highest BCUT2D eigenvalue weighted by Crippen LogP contribution is 2.22. The average molecular weight is 347 g/mol. The van der Waals surface area contributed by atoms with Crippen LogP contribution >= 0.6 is 0 Å². The van der Waals surface area contributed by atoms with Crippen LogP contribution in [0.1, 0.15) is 23.2 Å². The molecule has 1 saturated heterocycles. The summed E-state index contributed by atoms with van der Waals surface area (Å²) in [5, 5.41) is 4.13. The molecule has 2 aromatic rings. The van der Waals surface area contributed by atoms with Gasteiger partial charge in [-0.2, -0.15) is 4.98 Å². The van der Waals surface area contributed by atoms with Gasteiger partial charge in [0.2, 0.25) is 17.6 Å². The van der Waals surface area contributed by atoms with Crippen molar-refractivity contribution in [2.45, 2.75) is 18.9 Å². The third-order valence-electron chi connectivity index (χ3n) is 3.97. The van der Waals surface area contributed by atoms with Crippen LogP contribution in [-0.2, 0) is 7.05 Å². The van der Waals surface area contributed by atoms with E-state index < -0.39 is 0 Å². The SMILES string of the molecule is COc1cncc(O[C@H]2CCCN(C(=O)c3cn(C)nc3OC)C2)n1. The van der Waals surface area contributed by atoms with Crippen molar-refractivity contribution >= 4 is 5.91 Å². The first-order valence-electron chi connectivity index (χ1n) is 8.00. The first-order valence-corrected chi connectivity index (χ1v) is 8.00. The van der Waals surface area contributed by atoms with Gasteiger partial charge in [0, 0.05) is 19.8 Å². The molecule has 1 atom stereocenters. The van der Waals surface area contributed by atoms with Crippen LogP contribution in [0.5, 0.6) is 17.6 Å². The zero-order valence-electron chi connectivity index (χ0n) is 14.5.